The zero-order chi connectivity index (χ0) is 15.9. The van der Waals surface area contributed by atoms with Gasteiger partial charge in [0.15, 0.2) is 0 Å². The van der Waals surface area contributed by atoms with Crippen molar-refractivity contribution in [2.45, 2.75) is 45.6 Å². The van der Waals surface area contributed by atoms with E-state index in [4.69, 9.17) is 5.11 Å². The van der Waals surface area contributed by atoms with Crippen LogP contribution in [-0.4, -0.2) is 24.3 Å². The van der Waals surface area contributed by atoms with E-state index in [0.717, 1.165) is 25.7 Å². The Morgan fingerprint density at radius 3 is 2.86 bits per heavy atom. The van der Waals surface area contributed by atoms with Gasteiger partial charge in [-0.2, -0.15) is 0 Å². The van der Waals surface area contributed by atoms with Gasteiger partial charge in [-0.3, -0.25) is 0 Å². The number of hydrogen-bond acceptors (Lipinski definition) is 2. The van der Waals surface area contributed by atoms with Crippen molar-refractivity contribution >= 4 is 6.03 Å². The van der Waals surface area contributed by atoms with E-state index in [1.54, 1.807) is 0 Å². The average molecular weight is 304 g/mol. The van der Waals surface area contributed by atoms with Crippen molar-refractivity contribution in [3.8, 4) is 0 Å². The van der Waals surface area contributed by atoms with E-state index in [0.29, 0.717) is 18.4 Å². The lowest BCUT2D eigenvalue weighted by Crippen LogP contribution is -2.40. The van der Waals surface area contributed by atoms with Crippen molar-refractivity contribution in [2.75, 3.05) is 13.2 Å². The lowest BCUT2D eigenvalue weighted by molar-refractivity contribution is 0.222. The first-order valence-electron chi connectivity index (χ1n) is 8.33. The summed E-state index contributed by atoms with van der Waals surface area (Å²) in [5.74, 6) is 0.912. The normalized spacial score (nSPS) is 18.1. The zero-order valence-electron chi connectivity index (χ0n) is 13.6. The highest BCUT2D eigenvalue weighted by atomic mass is 16.3. The van der Waals surface area contributed by atoms with E-state index < -0.39 is 0 Å². The van der Waals surface area contributed by atoms with Crippen LogP contribution in [0.1, 0.15) is 50.3 Å². The summed E-state index contributed by atoms with van der Waals surface area (Å²) in [6.45, 7) is 5.13. The fourth-order valence-electron chi connectivity index (χ4n) is 3.31. The molecule has 2 unspecified atom stereocenters. The van der Waals surface area contributed by atoms with Gasteiger partial charge in [0, 0.05) is 13.2 Å². The molecule has 0 spiro atoms. The van der Waals surface area contributed by atoms with Crippen LogP contribution in [0, 0.1) is 11.8 Å². The predicted octanol–water partition coefficient (Wildman–Crippen LogP) is 3.02. The third-order valence-electron chi connectivity index (χ3n) is 4.33. The Morgan fingerprint density at radius 2 is 2.14 bits per heavy atom. The summed E-state index contributed by atoms with van der Waals surface area (Å²) in [6, 6.07) is 8.32. The van der Waals surface area contributed by atoms with Gasteiger partial charge < -0.3 is 15.7 Å². The monoisotopic (exact) mass is 304 g/mol. The molecule has 22 heavy (non-hydrogen) atoms. The van der Waals surface area contributed by atoms with Gasteiger partial charge in [-0.15, -0.1) is 0 Å². The fraction of sp³-hybridized carbons (Fsp3) is 0.611. The number of hydrogen-bond donors (Lipinski definition) is 3. The maximum atomic E-state index is 12.1. The lowest BCUT2D eigenvalue weighted by Gasteiger charge is -2.20. The third kappa shape index (κ3) is 4.73. The van der Waals surface area contributed by atoms with Crippen LogP contribution in [-0.2, 0) is 6.42 Å². The van der Waals surface area contributed by atoms with E-state index in [1.807, 2.05) is 12.1 Å². The molecule has 0 bridgehead atoms. The third-order valence-corrected chi connectivity index (χ3v) is 4.33. The predicted molar refractivity (Wildman–Crippen MR) is 88.7 cm³/mol. The number of aliphatic hydroxyl groups excluding tert-OH is 1. The Bertz CT molecular complexity index is 488. The SMILES string of the molecule is CC(C)CC(CCO)CNC(=O)NC1CCc2ccccc21. The summed E-state index contributed by atoms with van der Waals surface area (Å²) in [5.41, 5.74) is 2.58. The van der Waals surface area contributed by atoms with Crippen LogP contribution in [0.3, 0.4) is 0 Å². The largest absolute Gasteiger partial charge is 0.396 e. The molecule has 0 saturated carbocycles. The van der Waals surface area contributed by atoms with E-state index in [2.05, 4.69) is 36.6 Å². The number of urea groups is 1. The highest BCUT2D eigenvalue weighted by molar-refractivity contribution is 5.74. The van der Waals surface area contributed by atoms with E-state index in [-0.39, 0.29) is 18.7 Å². The van der Waals surface area contributed by atoms with E-state index in [1.165, 1.54) is 11.1 Å². The summed E-state index contributed by atoms with van der Waals surface area (Å²) < 4.78 is 0. The molecule has 2 atom stereocenters. The Balaban J connectivity index is 1.81. The fourth-order valence-corrected chi connectivity index (χ4v) is 3.31. The Morgan fingerprint density at radius 1 is 1.36 bits per heavy atom. The molecule has 4 heteroatoms. The molecular formula is C18H28N2O2. The number of aryl methyl sites for hydroxylation is 1. The van der Waals surface area contributed by atoms with Crippen molar-refractivity contribution < 1.29 is 9.90 Å². The summed E-state index contributed by atoms with van der Waals surface area (Å²) in [6.07, 6.45) is 3.76. The van der Waals surface area contributed by atoms with Gasteiger partial charge in [0.2, 0.25) is 0 Å². The molecule has 1 aliphatic carbocycles. The summed E-state index contributed by atoms with van der Waals surface area (Å²) in [5, 5.41) is 15.2. The maximum absolute atomic E-state index is 12.1. The van der Waals surface area contributed by atoms with Crippen LogP contribution in [0.15, 0.2) is 24.3 Å². The number of amides is 2. The van der Waals surface area contributed by atoms with Crippen LogP contribution in [0.5, 0.6) is 0 Å². The number of aliphatic hydroxyl groups is 1. The van der Waals surface area contributed by atoms with Gasteiger partial charge in [-0.25, -0.2) is 4.79 Å². The number of benzene rings is 1. The van der Waals surface area contributed by atoms with Crippen LogP contribution >= 0.6 is 0 Å². The second-order valence-electron chi connectivity index (χ2n) is 6.65. The molecule has 1 aromatic carbocycles. The molecule has 0 saturated heterocycles. The molecular weight excluding hydrogens is 276 g/mol. The molecule has 2 amide bonds. The minimum absolute atomic E-state index is 0.103. The number of rotatable bonds is 7. The van der Waals surface area contributed by atoms with Crippen molar-refractivity contribution in [3.05, 3.63) is 35.4 Å². The number of fused-ring (bicyclic) bond motifs is 1. The van der Waals surface area contributed by atoms with Gasteiger partial charge >= 0.3 is 6.03 Å². The number of carbonyl (C=O) groups is 1. The first-order valence-corrected chi connectivity index (χ1v) is 8.33. The van der Waals surface area contributed by atoms with E-state index >= 15 is 0 Å². The molecule has 0 fully saturated rings. The molecule has 0 aliphatic heterocycles. The number of nitrogens with one attached hydrogen (secondary N) is 2. The molecule has 1 aliphatic rings. The Hall–Kier alpha value is -1.55. The Kier molecular flexibility index (Phi) is 6.25. The molecule has 122 valence electrons. The van der Waals surface area contributed by atoms with Gasteiger partial charge in [-0.1, -0.05) is 38.1 Å². The Labute approximate surface area is 133 Å². The van der Waals surface area contributed by atoms with Crippen molar-refractivity contribution in [1.82, 2.24) is 10.6 Å². The summed E-state index contributed by atoms with van der Waals surface area (Å²) in [7, 11) is 0. The highest BCUT2D eigenvalue weighted by Gasteiger charge is 2.23. The average Bonchev–Trinajstić information content (AvgIpc) is 2.88. The first kappa shape index (κ1) is 16.8. The molecule has 0 radical (unpaired) electrons. The van der Waals surface area contributed by atoms with Gasteiger partial charge in [-0.05, 0) is 48.6 Å². The lowest BCUT2D eigenvalue weighted by atomic mass is 9.94. The van der Waals surface area contributed by atoms with Crippen LogP contribution in [0.4, 0.5) is 4.79 Å². The smallest absolute Gasteiger partial charge is 0.315 e. The second kappa shape index (κ2) is 8.18. The van der Waals surface area contributed by atoms with Gasteiger partial charge in [0.1, 0.15) is 0 Å². The maximum Gasteiger partial charge on any atom is 0.315 e. The number of carbonyl (C=O) groups excluding carboxylic acids is 1. The molecule has 0 heterocycles. The molecule has 2 rings (SSSR count). The van der Waals surface area contributed by atoms with Crippen molar-refractivity contribution in [1.29, 1.82) is 0 Å². The van der Waals surface area contributed by atoms with Crippen LogP contribution in [0.25, 0.3) is 0 Å². The van der Waals surface area contributed by atoms with Crippen LogP contribution < -0.4 is 10.6 Å². The minimum Gasteiger partial charge on any atom is -0.396 e. The molecule has 1 aromatic rings. The molecule has 3 N–H and O–H groups in total. The molecule has 4 nitrogen and oxygen atoms in total. The summed E-state index contributed by atoms with van der Waals surface area (Å²) >= 11 is 0. The first-order chi connectivity index (χ1) is 10.6. The van der Waals surface area contributed by atoms with Crippen LogP contribution in [0.2, 0.25) is 0 Å². The van der Waals surface area contributed by atoms with Gasteiger partial charge in [0.25, 0.3) is 0 Å². The minimum atomic E-state index is -0.103. The van der Waals surface area contributed by atoms with Crippen molar-refractivity contribution in [3.63, 3.8) is 0 Å². The quantitative estimate of drug-likeness (QED) is 0.725. The highest BCUT2D eigenvalue weighted by Crippen LogP contribution is 2.30. The zero-order valence-corrected chi connectivity index (χ0v) is 13.6. The molecule has 0 aromatic heterocycles. The van der Waals surface area contributed by atoms with Gasteiger partial charge in [0.05, 0.1) is 6.04 Å². The van der Waals surface area contributed by atoms with Crippen molar-refractivity contribution in [2.24, 2.45) is 11.8 Å². The second-order valence-corrected chi connectivity index (χ2v) is 6.65. The summed E-state index contributed by atoms with van der Waals surface area (Å²) in [4.78, 5) is 12.1. The topological polar surface area (TPSA) is 61.4 Å². The standard InChI is InChI=1S/C18H28N2O2/c1-13(2)11-14(9-10-21)12-19-18(22)20-17-8-7-15-5-3-4-6-16(15)17/h3-6,13-14,17,21H,7-12H2,1-2H3,(H2,19,20,22). The van der Waals surface area contributed by atoms with E-state index in [9.17, 15) is 4.79 Å².